The maximum atomic E-state index is 13.4. The lowest BCUT2D eigenvalue weighted by molar-refractivity contribution is 0.0651. The highest BCUT2D eigenvalue weighted by Gasteiger charge is 2.37. The number of para-hydroxylation sites is 2. The Morgan fingerprint density at radius 2 is 1.83 bits per heavy atom. The van der Waals surface area contributed by atoms with Gasteiger partial charge in [0.05, 0.1) is 35.3 Å². The zero-order chi connectivity index (χ0) is 20.7. The molecule has 4 aromatic rings. The van der Waals surface area contributed by atoms with Gasteiger partial charge in [0.15, 0.2) is 0 Å². The lowest BCUT2D eigenvalue weighted by atomic mass is 10.0. The fourth-order valence-corrected chi connectivity index (χ4v) is 4.19. The van der Waals surface area contributed by atoms with Crippen molar-refractivity contribution >= 4 is 23.2 Å². The first kappa shape index (κ1) is 18.5. The van der Waals surface area contributed by atoms with E-state index in [-0.39, 0.29) is 5.91 Å². The smallest absolute Gasteiger partial charge is 0.258 e. The van der Waals surface area contributed by atoms with E-state index in [0.29, 0.717) is 23.0 Å². The van der Waals surface area contributed by atoms with E-state index >= 15 is 0 Å². The Balaban J connectivity index is 1.62. The number of carbonyl (C=O) groups excluding carboxylic acids is 1. The Morgan fingerprint density at radius 1 is 1.07 bits per heavy atom. The SMILES string of the molecule is Cc1nn(-c2ccccc2)c(Cl)c1[C@@H]1Nc2ccccc2C(=O)N1Cc1ccco1. The van der Waals surface area contributed by atoms with Gasteiger partial charge in [0.2, 0.25) is 0 Å². The van der Waals surface area contributed by atoms with E-state index in [9.17, 15) is 4.79 Å². The number of furan rings is 1. The molecule has 2 aromatic carbocycles. The van der Waals surface area contributed by atoms with Crippen LogP contribution in [0.3, 0.4) is 0 Å². The van der Waals surface area contributed by atoms with Crippen LogP contribution in [0.1, 0.15) is 33.5 Å². The highest BCUT2D eigenvalue weighted by atomic mass is 35.5. The molecule has 0 fully saturated rings. The molecule has 6 nitrogen and oxygen atoms in total. The number of amides is 1. The van der Waals surface area contributed by atoms with Crippen LogP contribution < -0.4 is 5.32 Å². The van der Waals surface area contributed by atoms with Crippen molar-refractivity contribution in [1.82, 2.24) is 14.7 Å². The molecule has 0 bridgehead atoms. The number of hydrogen-bond donors (Lipinski definition) is 1. The van der Waals surface area contributed by atoms with Crippen molar-refractivity contribution < 1.29 is 9.21 Å². The average molecular weight is 419 g/mol. The van der Waals surface area contributed by atoms with Crippen LogP contribution in [0.2, 0.25) is 5.15 Å². The molecular formula is C23H19ClN4O2. The quantitative estimate of drug-likeness (QED) is 0.495. The average Bonchev–Trinajstić information content (AvgIpc) is 3.38. The summed E-state index contributed by atoms with van der Waals surface area (Å²) >= 11 is 6.82. The van der Waals surface area contributed by atoms with Crippen LogP contribution in [0.15, 0.2) is 77.4 Å². The molecular weight excluding hydrogens is 400 g/mol. The third kappa shape index (κ3) is 3.06. The molecule has 0 aliphatic carbocycles. The van der Waals surface area contributed by atoms with Crippen molar-refractivity contribution in [3.05, 3.63) is 101 Å². The minimum Gasteiger partial charge on any atom is -0.467 e. The predicted octanol–water partition coefficient (Wildman–Crippen LogP) is 5.19. The second kappa shape index (κ2) is 7.39. The number of aryl methyl sites for hydroxylation is 1. The summed E-state index contributed by atoms with van der Waals surface area (Å²) in [7, 11) is 0. The first-order valence-corrected chi connectivity index (χ1v) is 10.0. The molecule has 30 heavy (non-hydrogen) atoms. The van der Waals surface area contributed by atoms with Crippen molar-refractivity contribution in [2.24, 2.45) is 0 Å². The lowest BCUT2D eigenvalue weighted by Gasteiger charge is -2.37. The van der Waals surface area contributed by atoms with Crippen molar-refractivity contribution in [2.75, 3.05) is 5.32 Å². The predicted molar refractivity (Wildman–Crippen MR) is 115 cm³/mol. The summed E-state index contributed by atoms with van der Waals surface area (Å²) in [6.07, 6.45) is 1.12. The Bertz CT molecular complexity index is 1200. The Morgan fingerprint density at radius 3 is 2.60 bits per heavy atom. The molecule has 2 aromatic heterocycles. The van der Waals surface area contributed by atoms with E-state index < -0.39 is 6.17 Å². The van der Waals surface area contributed by atoms with Crippen LogP contribution in [0.4, 0.5) is 5.69 Å². The van der Waals surface area contributed by atoms with Gasteiger partial charge in [-0.2, -0.15) is 5.10 Å². The van der Waals surface area contributed by atoms with E-state index in [4.69, 9.17) is 16.0 Å². The van der Waals surface area contributed by atoms with Gasteiger partial charge in [0, 0.05) is 5.69 Å². The molecule has 5 rings (SSSR count). The molecule has 0 spiro atoms. The van der Waals surface area contributed by atoms with Crippen molar-refractivity contribution in [3.8, 4) is 5.69 Å². The highest BCUT2D eigenvalue weighted by molar-refractivity contribution is 6.30. The standard InChI is InChI=1S/C23H19ClN4O2/c1-15-20(21(24)28(26-15)16-8-3-2-4-9-16)22-25-19-12-6-5-11-18(19)23(29)27(22)14-17-10-7-13-30-17/h2-13,22,25H,14H2,1H3/t22-/m1/s1. The van der Waals surface area contributed by atoms with Crippen LogP contribution >= 0.6 is 11.6 Å². The maximum absolute atomic E-state index is 13.4. The van der Waals surface area contributed by atoms with Crippen LogP contribution in [0.25, 0.3) is 5.69 Å². The second-order valence-corrected chi connectivity index (χ2v) is 7.50. The first-order chi connectivity index (χ1) is 14.6. The number of hydrogen-bond acceptors (Lipinski definition) is 4. The third-order valence-corrected chi connectivity index (χ3v) is 5.61. The summed E-state index contributed by atoms with van der Waals surface area (Å²) in [5.41, 5.74) is 3.75. The van der Waals surface area contributed by atoms with E-state index in [1.807, 2.05) is 73.7 Å². The normalized spacial score (nSPS) is 15.7. The van der Waals surface area contributed by atoms with Gasteiger partial charge in [-0.15, -0.1) is 0 Å². The summed E-state index contributed by atoms with van der Waals surface area (Å²) in [4.78, 5) is 15.1. The fourth-order valence-electron chi connectivity index (χ4n) is 3.82. The molecule has 1 N–H and O–H groups in total. The molecule has 150 valence electrons. The summed E-state index contributed by atoms with van der Waals surface area (Å²) in [5.74, 6) is 0.604. The number of anilines is 1. The van der Waals surface area contributed by atoms with Crippen LogP contribution in [-0.2, 0) is 6.54 Å². The number of rotatable bonds is 4. The summed E-state index contributed by atoms with van der Waals surface area (Å²) in [6.45, 7) is 2.21. The Kier molecular flexibility index (Phi) is 4.56. The van der Waals surface area contributed by atoms with Crippen molar-refractivity contribution in [2.45, 2.75) is 19.6 Å². The number of fused-ring (bicyclic) bond motifs is 1. The molecule has 1 amide bonds. The molecule has 0 radical (unpaired) electrons. The number of aromatic nitrogens is 2. The van der Waals surface area contributed by atoms with E-state index in [1.54, 1.807) is 15.8 Å². The highest BCUT2D eigenvalue weighted by Crippen LogP contribution is 2.38. The topological polar surface area (TPSA) is 63.3 Å². The molecule has 0 unspecified atom stereocenters. The first-order valence-electron chi connectivity index (χ1n) is 9.63. The zero-order valence-electron chi connectivity index (χ0n) is 16.2. The Labute approximate surface area is 178 Å². The molecule has 1 aliphatic rings. The minimum atomic E-state index is -0.484. The molecule has 1 aliphatic heterocycles. The molecule has 0 saturated heterocycles. The van der Waals surface area contributed by atoms with Crippen LogP contribution in [0, 0.1) is 6.92 Å². The fraction of sp³-hybridized carbons (Fsp3) is 0.130. The van der Waals surface area contributed by atoms with Crippen molar-refractivity contribution in [1.29, 1.82) is 0 Å². The minimum absolute atomic E-state index is 0.0892. The van der Waals surface area contributed by atoms with E-state index in [2.05, 4.69) is 10.4 Å². The van der Waals surface area contributed by atoms with Gasteiger partial charge in [-0.25, -0.2) is 4.68 Å². The number of carbonyl (C=O) groups is 1. The van der Waals surface area contributed by atoms with E-state index in [0.717, 1.165) is 22.6 Å². The molecule has 3 heterocycles. The van der Waals surface area contributed by atoms with Gasteiger partial charge in [0.25, 0.3) is 5.91 Å². The van der Waals surface area contributed by atoms with Crippen LogP contribution in [-0.4, -0.2) is 20.6 Å². The van der Waals surface area contributed by atoms with Gasteiger partial charge in [-0.3, -0.25) is 4.79 Å². The van der Waals surface area contributed by atoms with Crippen LogP contribution in [0.5, 0.6) is 0 Å². The summed E-state index contributed by atoms with van der Waals surface area (Å²) in [6, 6.07) is 20.8. The maximum Gasteiger partial charge on any atom is 0.258 e. The van der Waals surface area contributed by atoms with Gasteiger partial charge < -0.3 is 14.6 Å². The van der Waals surface area contributed by atoms with Gasteiger partial charge in [-0.1, -0.05) is 41.9 Å². The zero-order valence-corrected chi connectivity index (χ0v) is 17.0. The lowest BCUT2D eigenvalue weighted by Crippen LogP contribution is -2.42. The molecule has 7 heteroatoms. The summed E-state index contributed by atoms with van der Waals surface area (Å²) < 4.78 is 7.21. The number of nitrogens with zero attached hydrogens (tertiary/aromatic N) is 3. The Hall–Kier alpha value is -3.51. The third-order valence-electron chi connectivity index (χ3n) is 5.25. The number of benzene rings is 2. The monoisotopic (exact) mass is 418 g/mol. The van der Waals surface area contributed by atoms with Crippen molar-refractivity contribution in [3.63, 3.8) is 0 Å². The molecule has 1 atom stereocenters. The van der Waals surface area contributed by atoms with Gasteiger partial charge in [0.1, 0.15) is 17.1 Å². The van der Waals surface area contributed by atoms with Gasteiger partial charge in [-0.05, 0) is 43.3 Å². The largest absolute Gasteiger partial charge is 0.467 e. The number of halogens is 1. The second-order valence-electron chi connectivity index (χ2n) is 7.14. The van der Waals surface area contributed by atoms with E-state index in [1.165, 1.54) is 0 Å². The molecule has 0 saturated carbocycles. The summed E-state index contributed by atoms with van der Waals surface area (Å²) in [5, 5.41) is 8.60. The van der Waals surface area contributed by atoms with Gasteiger partial charge >= 0.3 is 0 Å². The number of nitrogens with one attached hydrogen (secondary N) is 1.